The second-order valence-electron chi connectivity index (χ2n) is 5.18. The molecule has 0 radical (unpaired) electrons. The molecule has 0 aliphatic carbocycles. The van der Waals surface area contributed by atoms with Crippen molar-refractivity contribution < 1.29 is 9.23 Å². The number of hydrazine groups is 1. The number of aromatic nitrogens is 2. The third kappa shape index (κ3) is 2.70. The van der Waals surface area contributed by atoms with Gasteiger partial charge in [-0.25, -0.2) is 14.4 Å². The Morgan fingerprint density at radius 1 is 1.00 bits per heavy atom. The van der Waals surface area contributed by atoms with E-state index in [0.717, 1.165) is 11.1 Å². The largest absolute Gasteiger partial charge is 0.386 e. The molecular formula is C18H13FN4O. The number of benzene rings is 1. The predicted octanol–water partition coefficient (Wildman–Crippen LogP) is 3.54. The molecular weight excluding hydrogens is 307 g/mol. The van der Waals surface area contributed by atoms with Crippen LogP contribution in [0.5, 0.6) is 0 Å². The van der Waals surface area contributed by atoms with Crippen LogP contribution in [0.2, 0.25) is 0 Å². The van der Waals surface area contributed by atoms with Crippen molar-refractivity contribution in [2.24, 2.45) is 0 Å². The number of anilines is 1. The van der Waals surface area contributed by atoms with E-state index in [-0.39, 0.29) is 5.82 Å². The van der Waals surface area contributed by atoms with E-state index in [2.05, 4.69) is 15.6 Å². The van der Waals surface area contributed by atoms with Crippen molar-refractivity contribution in [2.45, 2.75) is 0 Å². The molecule has 1 aliphatic rings. The Kier molecular flexibility index (Phi) is 3.64. The third-order valence-electron chi connectivity index (χ3n) is 3.62. The second-order valence-corrected chi connectivity index (χ2v) is 5.18. The standard InChI is InChI=1S/C18H13FN4O/c19-16-7-6-13(14-4-3-8-20-11-14)10-15(16)17-12-23(22-24-17)18-5-1-2-9-21-18/h1-12,22H. The van der Waals surface area contributed by atoms with E-state index in [1.165, 1.54) is 6.07 Å². The maximum atomic E-state index is 14.3. The molecule has 5 nitrogen and oxygen atoms in total. The van der Waals surface area contributed by atoms with Crippen molar-refractivity contribution in [3.8, 4) is 11.1 Å². The third-order valence-corrected chi connectivity index (χ3v) is 3.62. The molecule has 1 aromatic carbocycles. The lowest BCUT2D eigenvalue weighted by atomic mass is 10.0. The molecule has 3 aromatic rings. The molecule has 1 aliphatic heterocycles. The van der Waals surface area contributed by atoms with Crippen LogP contribution < -0.4 is 10.6 Å². The highest BCUT2D eigenvalue weighted by atomic mass is 19.1. The molecule has 4 rings (SSSR count). The lowest BCUT2D eigenvalue weighted by Crippen LogP contribution is -2.27. The number of nitrogens with zero attached hydrogens (tertiary/aromatic N) is 3. The second kappa shape index (κ2) is 6.10. The molecule has 0 bridgehead atoms. The Morgan fingerprint density at radius 3 is 2.75 bits per heavy atom. The summed E-state index contributed by atoms with van der Waals surface area (Å²) in [5, 5.41) is 1.59. The van der Waals surface area contributed by atoms with Gasteiger partial charge in [-0.3, -0.25) is 4.98 Å². The summed E-state index contributed by atoms with van der Waals surface area (Å²) in [5.41, 5.74) is 4.84. The van der Waals surface area contributed by atoms with E-state index < -0.39 is 0 Å². The van der Waals surface area contributed by atoms with Crippen molar-refractivity contribution in [1.29, 1.82) is 0 Å². The number of pyridine rings is 2. The highest BCUT2D eigenvalue weighted by molar-refractivity contribution is 5.72. The van der Waals surface area contributed by atoms with Crippen LogP contribution in [0.15, 0.2) is 73.3 Å². The van der Waals surface area contributed by atoms with Gasteiger partial charge in [-0.1, -0.05) is 23.8 Å². The maximum absolute atomic E-state index is 14.3. The van der Waals surface area contributed by atoms with Crippen LogP contribution in [0.4, 0.5) is 10.2 Å². The zero-order valence-electron chi connectivity index (χ0n) is 12.6. The van der Waals surface area contributed by atoms with Crippen molar-refractivity contribution >= 4 is 11.6 Å². The summed E-state index contributed by atoms with van der Waals surface area (Å²) < 4.78 is 14.3. The van der Waals surface area contributed by atoms with Gasteiger partial charge in [0.2, 0.25) is 0 Å². The van der Waals surface area contributed by atoms with Crippen LogP contribution in [0.3, 0.4) is 0 Å². The average Bonchev–Trinajstić information content (AvgIpc) is 3.13. The van der Waals surface area contributed by atoms with Gasteiger partial charge in [0.1, 0.15) is 11.6 Å². The van der Waals surface area contributed by atoms with Crippen LogP contribution >= 0.6 is 0 Å². The quantitative estimate of drug-likeness (QED) is 0.800. The van der Waals surface area contributed by atoms with Gasteiger partial charge in [0, 0.05) is 24.2 Å². The van der Waals surface area contributed by atoms with E-state index in [1.54, 1.807) is 41.9 Å². The van der Waals surface area contributed by atoms with E-state index >= 15 is 0 Å². The maximum Gasteiger partial charge on any atom is 0.177 e. The first-order chi connectivity index (χ1) is 11.8. The van der Waals surface area contributed by atoms with Crippen molar-refractivity contribution in [2.75, 3.05) is 5.01 Å². The van der Waals surface area contributed by atoms with Gasteiger partial charge in [0.05, 0.1) is 11.8 Å². The average molecular weight is 320 g/mol. The molecule has 3 heterocycles. The van der Waals surface area contributed by atoms with E-state index in [9.17, 15) is 4.39 Å². The van der Waals surface area contributed by atoms with Gasteiger partial charge in [0.15, 0.2) is 5.76 Å². The number of halogens is 1. The van der Waals surface area contributed by atoms with E-state index in [0.29, 0.717) is 17.1 Å². The molecule has 2 aromatic heterocycles. The fraction of sp³-hybridized carbons (Fsp3) is 0. The Bertz CT molecular complexity index is 884. The first kappa shape index (κ1) is 14.3. The summed E-state index contributed by atoms with van der Waals surface area (Å²) in [6.45, 7) is 0. The van der Waals surface area contributed by atoms with Crippen LogP contribution in [0, 0.1) is 5.82 Å². The van der Waals surface area contributed by atoms with E-state index in [1.807, 2.05) is 30.3 Å². The van der Waals surface area contributed by atoms with Crippen LogP contribution in [0.1, 0.15) is 5.56 Å². The summed E-state index contributed by atoms with van der Waals surface area (Å²) >= 11 is 0. The van der Waals surface area contributed by atoms with Crippen LogP contribution in [0.25, 0.3) is 16.9 Å². The van der Waals surface area contributed by atoms with Crippen molar-refractivity contribution in [3.05, 3.63) is 84.7 Å². The fourth-order valence-corrected chi connectivity index (χ4v) is 2.43. The van der Waals surface area contributed by atoms with Crippen molar-refractivity contribution in [3.63, 3.8) is 0 Å². The molecule has 0 fully saturated rings. The molecule has 0 atom stereocenters. The lowest BCUT2D eigenvalue weighted by molar-refractivity contribution is 0.179. The van der Waals surface area contributed by atoms with Gasteiger partial charge < -0.3 is 4.84 Å². The predicted molar refractivity (Wildman–Crippen MR) is 88.5 cm³/mol. The fourth-order valence-electron chi connectivity index (χ4n) is 2.43. The van der Waals surface area contributed by atoms with Crippen LogP contribution in [-0.4, -0.2) is 9.97 Å². The monoisotopic (exact) mass is 320 g/mol. The first-order valence-electron chi connectivity index (χ1n) is 7.36. The summed E-state index contributed by atoms with van der Waals surface area (Å²) in [7, 11) is 0. The minimum absolute atomic E-state index is 0.362. The zero-order chi connectivity index (χ0) is 16.4. The summed E-state index contributed by atoms with van der Waals surface area (Å²) in [4.78, 5) is 13.7. The molecule has 1 N–H and O–H groups in total. The van der Waals surface area contributed by atoms with Gasteiger partial charge in [-0.05, 0) is 35.9 Å². The smallest absolute Gasteiger partial charge is 0.177 e. The SMILES string of the molecule is Fc1ccc(-c2cccnc2)cc1C1=CN(c2ccccn2)NO1. The highest BCUT2D eigenvalue weighted by Crippen LogP contribution is 2.29. The number of hydrogen-bond donors (Lipinski definition) is 1. The first-order valence-corrected chi connectivity index (χ1v) is 7.36. The van der Waals surface area contributed by atoms with Crippen LogP contribution in [-0.2, 0) is 4.84 Å². The Morgan fingerprint density at radius 2 is 1.96 bits per heavy atom. The highest BCUT2D eigenvalue weighted by Gasteiger charge is 2.20. The van der Waals surface area contributed by atoms with E-state index in [4.69, 9.17) is 4.84 Å². The minimum Gasteiger partial charge on any atom is -0.386 e. The summed E-state index contributed by atoms with van der Waals surface area (Å²) in [6.07, 6.45) is 6.77. The lowest BCUT2D eigenvalue weighted by Gasteiger charge is -2.11. The molecule has 24 heavy (non-hydrogen) atoms. The number of rotatable bonds is 3. The Balaban J connectivity index is 1.69. The van der Waals surface area contributed by atoms with Gasteiger partial charge >= 0.3 is 0 Å². The minimum atomic E-state index is -0.362. The van der Waals surface area contributed by atoms with Crippen molar-refractivity contribution in [1.82, 2.24) is 15.6 Å². The van der Waals surface area contributed by atoms with Gasteiger partial charge in [-0.15, -0.1) is 0 Å². The molecule has 118 valence electrons. The molecule has 0 amide bonds. The topological polar surface area (TPSA) is 50.3 Å². The Hall–Kier alpha value is -3.25. The molecule has 0 saturated heterocycles. The molecule has 0 spiro atoms. The number of hydrogen-bond acceptors (Lipinski definition) is 5. The molecule has 6 heteroatoms. The molecule has 0 saturated carbocycles. The number of nitrogens with one attached hydrogen (secondary N) is 1. The normalized spacial score (nSPS) is 13.5. The summed E-state index contributed by atoms with van der Waals surface area (Å²) in [6, 6.07) is 14.1. The summed E-state index contributed by atoms with van der Waals surface area (Å²) in [5.74, 6) is 0.666. The zero-order valence-corrected chi connectivity index (χ0v) is 12.6. The van der Waals surface area contributed by atoms with Gasteiger partial charge in [0.25, 0.3) is 0 Å². The van der Waals surface area contributed by atoms with Gasteiger partial charge in [-0.2, -0.15) is 0 Å². The molecule has 0 unspecified atom stereocenters. The Labute approximate surface area is 138 Å².